The summed E-state index contributed by atoms with van der Waals surface area (Å²) in [5.41, 5.74) is 9.24. The first-order chi connectivity index (χ1) is 24.7. The Labute approximate surface area is 290 Å². The van der Waals surface area contributed by atoms with E-state index in [1.54, 1.807) is 0 Å². The molecule has 0 amide bonds. The number of aromatic nitrogens is 2. The van der Waals surface area contributed by atoms with Crippen LogP contribution >= 0.6 is 0 Å². The second-order valence-corrected chi connectivity index (χ2v) is 12.5. The highest BCUT2D eigenvalue weighted by molar-refractivity contribution is 6.25. The Morgan fingerprint density at radius 2 is 0.780 bits per heavy atom. The van der Waals surface area contributed by atoms with E-state index in [9.17, 15) is 5.26 Å². The summed E-state index contributed by atoms with van der Waals surface area (Å²) in [6, 6.07) is 63.3. The summed E-state index contributed by atoms with van der Waals surface area (Å²) < 4.78 is 0. The molecule has 0 saturated heterocycles. The molecule has 9 rings (SSSR count). The number of hydrogen-bond acceptors (Lipinski definition) is 3. The number of fused-ring (bicyclic) bond motifs is 6. The van der Waals surface area contributed by atoms with Gasteiger partial charge in [-0.25, -0.2) is 9.97 Å². The van der Waals surface area contributed by atoms with Crippen LogP contribution in [0.4, 0.5) is 0 Å². The van der Waals surface area contributed by atoms with Crippen LogP contribution in [0.3, 0.4) is 0 Å². The average molecular weight is 636 g/mol. The van der Waals surface area contributed by atoms with Gasteiger partial charge in [0.05, 0.1) is 23.0 Å². The van der Waals surface area contributed by atoms with E-state index in [4.69, 9.17) is 9.97 Å². The third-order valence-corrected chi connectivity index (χ3v) is 9.46. The van der Waals surface area contributed by atoms with Crippen LogP contribution in [0.5, 0.6) is 0 Å². The van der Waals surface area contributed by atoms with E-state index in [2.05, 4.69) is 115 Å². The second kappa shape index (κ2) is 12.3. The third kappa shape index (κ3) is 5.26. The van der Waals surface area contributed by atoms with Crippen LogP contribution < -0.4 is 0 Å². The van der Waals surface area contributed by atoms with Gasteiger partial charge in [-0.15, -0.1) is 0 Å². The SMILES string of the molecule is N#Cc1cc(-c2cccc(-c3ccc4c5ccccc5c5ccccc5c4c3)c2)cc(-c2cc(-c3ccccc3)nc(-c3ccccc3)n2)c1. The van der Waals surface area contributed by atoms with Gasteiger partial charge in [0.2, 0.25) is 0 Å². The average Bonchev–Trinajstić information content (AvgIpc) is 3.21. The van der Waals surface area contributed by atoms with Crippen molar-refractivity contribution in [1.82, 2.24) is 9.97 Å². The van der Waals surface area contributed by atoms with Gasteiger partial charge < -0.3 is 0 Å². The summed E-state index contributed by atoms with van der Waals surface area (Å²) in [5, 5.41) is 17.7. The van der Waals surface area contributed by atoms with Crippen LogP contribution in [0.25, 0.3) is 88.5 Å². The maximum absolute atomic E-state index is 10.2. The highest BCUT2D eigenvalue weighted by Gasteiger charge is 2.14. The lowest BCUT2D eigenvalue weighted by Crippen LogP contribution is -1.96. The quantitative estimate of drug-likeness (QED) is 0.177. The minimum atomic E-state index is 0.577. The van der Waals surface area contributed by atoms with Gasteiger partial charge >= 0.3 is 0 Å². The lowest BCUT2D eigenvalue weighted by Gasteiger charge is -2.13. The fourth-order valence-corrected chi connectivity index (χ4v) is 7.04. The van der Waals surface area contributed by atoms with Crippen molar-refractivity contribution < 1.29 is 0 Å². The minimum Gasteiger partial charge on any atom is -0.228 e. The number of nitriles is 1. The molecule has 0 bridgehead atoms. The number of benzene rings is 8. The fourth-order valence-electron chi connectivity index (χ4n) is 7.04. The summed E-state index contributed by atoms with van der Waals surface area (Å²) in [6.45, 7) is 0. The Bertz CT molecular complexity index is 2670. The normalized spacial score (nSPS) is 11.2. The molecule has 0 radical (unpaired) electrons. The molecule has 0 spiro atoms. The molecule has 3 nitrogen and oxygen atoms in total. The summed E-state index contributed by atoms with van der Waals surface area (Å²) in [5.74, 6) is 0.643. The summed E-state index contributed by atoms with van der Waals surface area (Å²) in [4.78, 5) is 9.98. The highest BCUT2D eigenvalue weighted by atomic mass is 14.9. The Morgan fingerprint density at radius 1 is 0.320 bits per heavy atom. The first kappa shape index (κ1) is 29.3. The van der Waals surface area contributed by atoms with Gasteiger partial charge in [-0.2, -0.15) is 5.26 Å². The smallest absolute Gasteiger partial charge is 0.160 e. The van der Waals surface area contributed by atoms with Crippen molar-refractivity contribution in [2.75, 3.05) is 0 Å². The molecule has 1 aromatic heterocycles. The third-order valence-electron chi connectivity index (χ3n) is 9.46. The molecule has 50 heavy (non-hydrogen) atoms. The molecule has 232 valence electrons. The van der Waals surface area contributed by atoms with Gasteiger partial charge in [0, 0.05) is 16.7 Å². The first-order valence-electron chi connectivity index (χ1n) is 16.7. The predicted octanol–water partition coefficient (Wildman–Crippen LogP) is 12.1. The molecule has 0 aliphatic carbocycles. The zero-order valence-corrected chi connectivity index (χ0v) is 27.1. The maximum atomic E-state index is 10.2. The van der Waals surface area contributed by atoms with Gasteiger partial charge in [0.1, 0.15) is 0 Å². The molecule has 9 aromatic rings. The van der Waals surface area contributed by atoms with Gasteiger partial charge in [-0.3, -0.25) is 0 Å². The Balaban J connectivity index is 1.17. The molecule has 0 atom stereocenters. The van der Waals surface area contributed by atoms with Gasteiger partial charge in [-0.1, -0.05) is 140 Å². The van der Waals surface area contributed by atoms with Crippen molar-refractivity contribution >= 4 is 32.3 Å². The van der Waals surface area contributed by atoms with E-state index in [0.29, 0.717) is 11.4 Å². The Morgan fingerprint density at radius 3 is 1.42 bits per heavy atom. The number of hydrogen-bond donors (Lipinski definition) is 0. The molecule has 3 heteroatoms. The summed E-state index contributed by atoms with van der Waals surface area (Å²) >= 11 is 0. The fraction of sp³-hybridized carbons (Fsp3) is 0. The topological polar surface area (TPSA) is 49.6 Å². The van der Waals surface area contributed by atoms with Crippen LogP contribution in [0, 0.1) is 11.3 Å². The second-order valence-electron chi connectivity index (χ2n) is 12.5. The summed E-state index contributed by atoms with van der Waals surface area (Å²) in [7, 11) is 0. The number of nitrogens with zero attached hydrogens (tertiary/aromatic N) is 3. The molecule has 0 unspecified atom stereocenters. The standard InChI is InChI=1S/C47H29N3/c48-30-31-24-37(27-38(25-31)46-29-45(32-12-3-1-4-13-32)49-47(50-46)33-14-5-2-6-15-33)35-17-11-16-34(26-35)36-22-23-43-41-20-8-7-18-39(41)40-19-9-10-21-42(40)44(43)28-36/h1-29H. The van der Waals surface area contributed by atoms with Crippen molar-refractivity contribution in [3.8, 4) is 62.2 Å². The molecular formula is C47H29N3. The van der Waals surface area contributed by atoms with Crippen LogP contribution in [0.2, 0.25) is 0 Å². The van der Waals surface area contributed by atoms with Crippen molar-refractivity contribution in [2.45, 2.75) is 0 Å². The van der Waals surface area contributed by atoms with Crippen molar-refractivity contribution in [1.29, 1.82) is 5.26 Å². The molecule has 0 aliphatic rings. The lowest BCUT2D eigenvalue weighted by molar-refractivity contribution is 1.18. The van der Waals surface area contributed by atoms with E-state index in [1.165, 1.54) is 32.3 Å². The van der Waals surface area contributed by atoms with E-state index < -0.39 is 0 Å². The maximum Gasteiger partial charge on any atom is 0.160 e. The van der Waals surface area contributed by atoms with Gasteiger partial charge in [0.15, 0.2) is 5.82 Å². The van der Waals surface area contributed by atoms with Crippen LogP contribution in [-0.4, -0.2) is 9.97 Å². The summed E-state index contributed by atoms with van der Waals surface area (Å²) in [6.07, 6.45) is 0. The monoisotopic (exact) mass is 635 g/mol. The molecule has 0 saturated carbocycles. The zero-order chi connectivity index (χ0) is 33.4. The number of rotatable bonds is 5. The van der Waals surface area contributed by atoms with E-state index in [-0.39, 0.29) is 0 Å². The van der Waals surface area contributed by atoms with E-state index >= 15 is 0 Å². The highest BCUT2D eigenvalue weighted by Crippen LogP contribution is 2.38. The van der Waals surface area contributed by atoms with Gasteiger partial charge in [-0.05, 0) is 91.0 Å². The predicted molar refractivity (Wildman–Crippen MR) is 206 cm³/mol. The van der Waals surface area contributed by atoms with Crippen LogP contribution in [0.15, 0.2) is 176 Å². The van der Waals surface area contributed by atoms with E-state index in [1.807, 2.05) is 66.7 Å². The largest absolute Gasteiger partial charge is 0.228 e. The Kier molecular flexibility index (Phi) is 7.19. The molecule has 8 aromatic carbocycles. The molecule has 0 fully saturated rings. The minimum absolute atomic E-state index is 0.577. The Hall–Kier alpha value is -6.89. The van der Waals surface area contributed by atoms with Crippen molar-refractivity contribution in [2.24, 2.45) is 0 Å². The van der Waals surface area contributed by atoms with Crippen LogP contribution in [0.1, 0.15) is 5.56 Å². The first-order valence-corrected chi connectivity index (χ1v) is 16.7. The van der Waals surface area contributed by atoms with E-state index in [0.717, 1.165) is 50.3 Å². The molecule has 0 N–H and O–H groups in total. The van der Waals surface area contributed by atoms with Crippen molar-refractivity contribution in [3.05, 3.63) is 181 Å². The van der Waals surface area contributed by atoms with Gasteiger partial charge in [0.25, 0.3) is 0 Å². The molecule has 0 aliphatic heterocycles. The lowest BCUT2D eigenvalue weighted by atomic mass is 9.91. The molecule has 1 heterocycles. The van der Waals surface area contributed by atoms with Crippen LogP contribution in [-0.2, 0) is 0 Å². The van der Waals surface area contributed by atoms with Crippen molar-refractivity contribution in [3.63, 3.8) is 0 Å². The molecular weight excluding hydrogens is 607 g/mol. The zero-order valence-electron chi connectivity index (χ0n) is 27.1.